The molecule has 0 aromatic carbocycles. The van der Waals surface area contributed by atoms with Crippen LogP contribution in [0.2, 0.25) is 0 Å². The zero-order chi connectivity index (χ0) is 12.5. The van der Waals surface area contributed by atoms with Crippen LogP contribution < -0.4 is 0 Å². The van der Waals surface area contributed by atoms with E-state index in [2.05, 4.69) is 13.8 Å². The summed E-state index contributed by atoms with van der Waals surface area (Å²) in [6.45, 7) is 11.9. The highest BCUT2D eigenvalue weighted by Crippen LogP contribution is 2.06. The fourth-order valence-electron chi connectivity index (χ4n) is 1.10. The van der Waals surface area contributed by atoms with E-state index in [0.29, 0.717) is 0 Å². The number of alkyl halides is 1. The van der Waals surface area contributed by atoms with Crippen LogP contribution in [0.15, 0.2) is 11.6 Å². The minimum Gasteiger partial charge on any atom is -0.386 e. The Bertz CT molecular complexity index is 164. The molecule has 0 aliphatic rings. The highest BCUT2D eigenvalue weighted by atomic mass is 35.5. The molecule has 0 aliphatic carbocycles. The molecule has 1 nitrogen and oxygen atoms in total. The van der Waals surface area contributed by atoms with Crippen molar-refractivity contribution in [2.24, 2.45) is 5.92 Å². The highest BCUT2D eigenvalue weighted by molar-refractivity contribution is 6.17. The maximum absolute atomic E-state index is 9.11. The van der Waals surface area contributed by atoms with Crippen LogP contribution in [0.1, 0.15) is 54.4 Å². The summed E-state index contributed by atoms with van der Waals surface area (Å²) in [7, 11) is 0. The lowest BCUT2D eigenvalue weighted by atomic mass is 10.1. The van der Waals surface area contributed by atoms with Crippen LogP contribution >= 0.6 is 11.6 Å². The Morgan fingerprint density at radius 1 is 1.40 bits per heavy atom. The molecule has 2 heteroatoms. The number of hydrogen-bond acceptors (Lipinski definition) is 1. The van der Waals surface area contributed by atoms with E-state index in [1.807, 2.05) is 19.9 Å². The molecule has 0 aliphatic heterocycles. The number of rotatable bonds is 4. The average Bonchev–Trinajstić information content (AvgIpc) is 2.01. The Balaban J connectivity index is 0. The lowest BCUT2D eigenvalue weighted by molar-refractivity contribution is 0.132. The Morgan fingerprint density at radius 3 is 1.93 bits per heavy atom. The third kappa shape index (κ3) is 20.2. The number of aliphatic hydroxyl groups is 1. The molecule has 0 spiro atoms. The summed E-state index contributed by atoms with van der Waals surface area (Å²) in [5.41, 5.74) is 0.510. The molecule has 0 aromatic heterocycles. The summed E-state index contributed by atoms with van der Waals surface area (Å²) >= 11 is 5.48. The largest absolute Gasteiger partial charge is 0.386 e. The summed E-state index contributed by atoms with van der Waals surface area (Å²) in [4.78, 5) is 0. The summed E-state index contributed by atoms with van der Waals surface area (Å²) in [6.07, 6.45) is 4.25. The first-order chi connectivity index (χ1) is 6.72. The third-order valence-corrected chi connectivity index (χ3v) is 2.16. The normalized spacial score (nSPS) is 12.5. The fraction of sp³-hybridized carbons (Fsp3) is 0.846. The van der Waals surface area contributed by atoms with Gasteiger partial charge in [-0.2, -0.15) is 0 Å². The first kappa shape index (κ1) is 17.4. The molecule has 0 heterocycles. The number of allylic oxidation sites excluding steroid dienone is 1. The molecular weight excluding hydrogens is 208 g/mol. The zero-order valence-electron chi connectivity index (χ0n) is 11.1. The smallest absolute Gasteiger partial charge is 0.0774 e. The zero-order valence-corrected chi connectivity index (χ0v) is 11.9. The second-order valence-corrected chi connectivity index (χ2v) is 5.24. The second kappa shape index (κ2) is 9.23. The van der Waals surface area contributed by atoms with E-state index in [-0.39, 0.29) is 0 Å². The molecule has 0 fully saturated rings. The van der Waals surface area contributed by atoms with Crippen LogP contribution in [-0.2, 0) is 0 Å². The van der Waals surface area contributed by atoms with Gasteiger partial charge in [0.05, 0.1) is 5.60 Å². The van der Waals surface area contributed by atoms with E-state index < -0.39 is 5.60 Å². The van der Waals surface area contributed by atoms with Crippen molar-refractivity contribution >= 4 is 11.6 Å². The van der Waals surface area contributed by atoms with Gasteiger partial charge in [-0.25, -0.2) is 0 Å². The van der Waals surface area contributed by atoms with E-state index in [1.54, 1.807) is 13.8 Å². The molecule has 0 rings (SSSR count). The predicted molar refractivity (Wildman–Crippen MR) is 70.5 cm³/mol. The van der Waals surface area contributed by atoms with Crippen molar-refractivity contribution < 1.29 is 5.11 Å². The Hall–Kier alpha value is -0.0100. The summed E-state index contributed by atoms with van der Waals surface area (Å²) in [5.74, 6) is 1.63. The van der Waals surface area contributed by atoms with Crippen molar-refractivity contribution in [2.75, 3.05) is 5.88 Å². The molecule has 0 amide bonds. The topological polar surface area (TPSA) is 20.2 Å². The molecule has 0 aromatic rings. The molecule has 0 radical (unpaired) electrons. The molecule has 1 N–H and O–H groups in total. The van der Waals surface area contributed by atoms with Gasteiger partial charge in [0.15, 0.2) is 0 Å². The average molecular weight is 235 g/mol. The first-order valence-electron chi connectivity index (χ1n) is 5.67. The maximum Gasteiger partial charge on any atom is 0.0774 e. The van der Waals surface area contributed by atoms with Crippen LogP contribution in [0.5, 0.6) is 0 Å². The van der Waals surface area contributed by atoms with Gasteiger partial charge in [-0.3, -0.25) is 0 Å². The third-order valence-electron chi connectivity index (χ3n) is 1.94. The number of hydrogen-bond donors (Lipinski definition) is 1. The van der Waals surface area contributed by atoms with Crippen LogP contribution in [0.3, 0.4) is 0 Å². The van der Waals surface area contributed by atoms with E-state index in [9.17, 15) is 0 Å². The van der Waals surface area contributed by atoms with Crippen molar-refractivity contribution in [1.82, 2.24) is 0 Å². The van der Waals surface area contributed by atoms with Crippen molar-refractivity contribution in [3.63, 3.8) is 0 Å². The maximum atomic E-state index is 9.11. The van der Waals surface area contributed by atoms with Gasteiger partial charge in [0.2, 0.25) is 0 Å². The van der Waals surface area contributed by atoms with Crippen LogP contribution in [0, 0.1) is 5.92 Å². The summed E-state index contributed by atoms with van der Waals surface area (Å²) in [6, 6.07) is 0. The van der Waals surface area contributed by atoms with Gasteiger partial charge < -0.3 is 5.11 Å². The minimum absolute atomic E-state index is 0.640. The molecular formula is C13H27ClO. The summed E-state index contributed by atoms with van der Waals surface area (Å²) < 4.78 is 0. The van der Waals surface area contributed by atoms with Crippen LogP contribution in [0.25, 0.3) is 0 Å². The van der Waals surface area contributed by atoms with Gasteiger partial charge in [0.1, 0.15) is 0 Å². The van der Waals surface area contributed by atoms with Gasteiger partial charge in [0, 0.05) is 5.88 Å². The van der Waals surface area contributed by atoms with E-state index in [0.717, 1.165) is 23.8 Å². The lowest BCUT2D eigenvalue weighted by Gasteiger charge is -2.10. The van der Waals surface area contributed by atoms with Gasteiger partial charge >= 0.3 is 0 Å². The first-order valence-corrected chi connectivity index (χ1v) is 6.20. The molecule has 1 unspecified atom stereocenters. The molecule has 92 valence electrons. The Labute approximate surface area is 101 Å². The molecule has 0 saturated carbocycles. The van der Waals surface area contributed by atoms with Crippen LogP contribution in [0.4, 0.5) is 0 Å². The van der Waals surface area contributed by atoms with Gasteiger partial charge in [0.25, 0.3) is 0 Å². The number of halogens is 1. The van der Waals surface area contributed by atoms with Crippen molar-refractivity contribution in [3.05, 3.63) is 11.6 Å². The fourth-order valence-corrected chi connectivity index (χ4v) is 1.47. The SMILES string of the molecule is CC(C)=CC(C)(C)O.CCC(C)CCCl. The summed E-state index contributed by atoms with van der Waals surface area (Å²) in [5, 5.41) is 9.11. The predicted octanol–water partition coefficient (Wildman–Crippen LogP) is 4.38. The molecule has 0 bridgehead atoms. The van der Waals surface area contributed by atoms with E-state index in [1.165, 1.54) is 6.42 Å². The van der Waals surface area contributed by atoms with Crippen molar-refractivity contribution in [3.8, 4) is 0 Å². The standard InChI is InChI=1S/C7H14O.C6H13Cl/c1-6(2)5-7(3,4)8;1-3-6(2)4-5-7/h5,8H,1-4H3;6H,3-5H2,1-2H3. The van der Waals surface area contributed by atoms with Gasteiger partial charge in [-0.05, 0) is 40.0 Å². The molecule has 1 atom stereocenters. The van der Waals surface area contributed by atoms with E-state index >= 15 is 0 Å². The second-order valence-electron chi connectivity index (χ2n) is 4.87. The molecule has 15 heavy (non-hydrogen) atoms. The minimum atomic E-state index is -0.640. The van der Waals surface area contributed by atoms with E-state index in [4.69, 9.17) is 16.7 Å². The van der Waals surface area contributed by atoms with Crippen LogP contribution in [-0.4, -0.2) is 16.6 Å². The Kier molecular flexibility index (Phi) is 10.7. The van der Waals surface area contributed by atoms with Gasteiger partial charge in [-0.1, -0.05) is 31.9 Å². The lowest BCUT2D eigenvalue weighted by Crippen LogP contribution is -2.14. The van der Waals surface area contributed by atoms with Crippen molar-refractivity contribution in [1.29, 1.82) is 0 Å². The highest BCUT2D eigenvalue weighted by Gasteiger charge is 2.05. The van der Waals surface area contributed by atoms with Gasteiger partial charge in [-0.15, -0.1) is 11.6 Å². The quantitative estimate of drug-likeness (QED) is 0.565. The Morgan fingerprint density at radius 2 is 1.87 bits per heavy atom. The monoisotopic (exact) mass is 234 g/mol. The molecule has 0 saturated heterocycles. The van der Waals surface area contributed by atoms with Crippen molar-refractivity contribution in [2.45, 2.75) is 60.0 Å².